The van der Waals surface area contributed by atoms with E-state index in [4.69, 9.17) is 0 Å². The van der Waals surface area contributed by atoms with Gasteiger partial charge in [-0.25, -0.2) is 0 Å². The van der Waals surface area contributed by atoms with Crippen LogP contribution in [0.1, 0.15) is 26.7 Å². The number of nitrogens with one attached hydrogen (secondary N) is 1. The van der Waals surface area contributed by atoms with Crippen LogP contribution in [0.3, 0.4) is 0 Å². The van der Waals surface area contributed by atoms with E-state index in [9.17, 15) is 5.11 Å². The summed E-state index contributed by atoms with van der Waals surface area (Å²) in [4.78, 5) is 0. The van der Waals surface area contributed by atoms with Gasteiger partial charge < -0.3 is 10.4 Å². The van der Waals surface area contributed by atoms with E-state index in [0.29, 0.717) is 12.0 Å². The zero-order chi connectivity index (χ0) is 9.68. The Morgan fingerprint density at radius 2 is 2.38 bits per heavy atom. The zero-order valence-corrected chi connectivity index (χ0v) is 9.44. The molecule has 1 fully saturated rings. The molecule has 1 rings (SSSR count). The second kappa shape index (κ2) is 5.89. The minimum Gasteiger partial charge on any atom is -0.392 e. The van der Waals surface area contributed by atoms with Crippen LogP contribution in [0.25, 0.3) is 0 Å². The number of aliphatic hydroxyl groups excluding tert-OH is 1. The Hall–Kier alpha value is 0.270. The van der Waals surface area contributed by atoms with Crippen molar-refractivity contribution in [2.75, 3.05) is 18.1 Å². The van der Waals surface area contributed by atoms with Gasteiger partial charge in [-0.15, -0.1) is 0 Å². The summed E-state index contributed by atoms with van der Waals surface area (Å²) in [7, 11) is 0. The molecule has 1 heterocycles. The maximum absolute atomic E-state index is 9.71. The minimum atomic E-state index is -0.171. The zero-order valence-electron chi connectivity index (χ0n) is 8.62. The number of rotatable bonds is 5. The summed E-state index contributed by atoms with van der Waals surface area (Å²) < 4.78 is 0. The van der Waals surface area contributed by atoms with Gasteiger partial charge in [-0.3, -0.25) is 0 Å². The predicted octanol–water partition coefficient (Wildman–Crippen LogP) is 1.49. The van der Waals surface area contributed by atoms with Gasteiger partial charge in [0.05, 0.1) is 6.10 Å². The molecule has 0 aromatic carbocycles. The molecule has 0 saturated carbocycles. The van der Waals surface area contributed by atoms with Crippen molar-refractivity contribution in [1.29, 1.82) is 0 Å². The molecule has 3 atom stereocenters. The summed E-state index contributed by atoms with van der Waals surface area (Å²) in [5.41, 5.74) is 0. The average molecular weight is 203 g/mol. The van der Waals surface area contributed by atoms with E-state index in [0.717, 1.165) is 13.0 Å². The normalized spacial score (nSPS) is 27.5. The Labute approximate surface area is 85.5 Å². The summed E-state index contributed by atoms with van der Waals surface area (Å²) in [5.74, 6) is 2.91. The highest BCUT2D eigenvalue weighted by Crippen LogP contribution is 2.17. The van der Waals surface area contributed by atoms with Crippen LogP contribution in [0.2, 0.25) is 0 Å². The van der Waals surface area contributed by atoms with Crippen molar-refractivity contribution in [3.63, 3.8) is 0 Å². The van der Waals surface area contributed by atoms with Crippen molar-refractivity contribution in [2.24, 2.45) is 5.92 Å². The van der Waals surface area contributed by atoms with Gasteiger partial charge in [-0.05, 0) is 18.1 Å². The summed E-state index contributed by atoms with van der Waals surface area (Å²) in [6, 6.07) is 0.642. The Balaban J connectivity index is 2.10. The molecule has 0 bridgehead atoms. The van der Waals surface area contributed by atoms with Crippen LogP contribution in [0.5, 0.6) is 0 Å². The van der Waals surface area contributed by atoms with Crippen LogP contribution >= 0.6 is 11.8 Å². The van der Waals surface area contributed by atoms with Crippen molar-refractivity contribution in [2.45, 2.75) is 38.8 Å². The van der Waals surface area contributed by atoms with Crippen LogP contribution in [-0.4, -0.2) is 35.3 Å². The fraction of sp³-hybridized carbons (Fsp3) is 1.00. The Morgan fingerprint density at radius 3 is 2.92 bits per heavy atom. The fourth-order valence-corrected chi connectivity index (χ4v) is 2.64. The molecule has 1 aliphatic rings. The molecule has 3 heteroatoms. The topological polar surface area (TPSA) is 32.3 Å². The smallest absolute Gasteiger partial charge is 0.0690 e. The molecule has 78 valence electrons. The Bertz CT molecular complexity index is 137. The first-order valence-corrected chi connectivity index (χ1v) is 6.38. The molecule has 13 heavy (non-hydrogen) atoms. The lowest BCUT2D eigenvalue weighted by Crippen LogP contribution is -2.38. The molecule has 0 radical (unpaired) electrons. The largest absolute Gasteiger partial charge is 0.392 e. The van der Waals surface area contributed by atoms with Crippen molar-refractivity contribution in [3.8, 4) is 0 Å². The molecule has 2 nitrogen and oxygen atoms in total. The molecule has 2 N–H and O–H groups in total. The third kappa shape index (κ3) is 3.88. The first-order chi connectivity index (χ1) is 6.24. The van der Waals surface area contributed by atoms with E-state index in [1.165, 1.54) is 17.9 Å². The molecular formula is C10H21NOS. The van der Waals surface area contributed by atoms with Crippen molar-refractivity contribution in [1.82, 2.24) is 5.32 Å². The molecule has 0 amide bonds. The monoisotopic (exact) mass is 203 g/mol. The Morgan fingerprint density at radius 1 is 1.62 bits per heavy atom. The van der Waals surface area contributed by atoms with E-state index in [1.54, 1.807) is 0 Å². The van der Waals surface area contributed by atoms with E-state index in [2.05, 4.69) is 19.2 Å². The minimum absolute atomic E-state index is 0.171. The van der Waals surface area contributed by atoms with Gasteiger partial charge in [0.25, 0.3) is 0 Å². The highest BCUT2D eigenvalue weighted by Gasteiger charge is 2.17. The molecule has 1 aliphatic heterocycles. The highest BCUT2D eigenvalue weighted by atomic mass is 32.2. The average Bonchev–Trinajstić information content (AvgIpc) is 2.65. The van der Waals surface area contributed by atoms with Crippen LogP contribution < -0.4 is 5.32 Å². The Kier molecular flexibility index (Phi) is 5.14. The molecule has 0 spiro atoms. The van der Waals surface area contributed by atoms with E-state index in [-0.39, 0.29) is 6.10 Å². The number of hydrogen-bond acceptors (Lipinski definition) is 3. The third-order valence-corrected chi connectivity index (χ3v) is 4.01. The second-order valence-electron chi connectivity index (χ2n) is 3.92. The lowest BCUT2D eigenvalue weighted by Gasteiger charge is -2.20. The fourth-order valence-electron chi connectivity index (χ4n) is 1.46. The quantitative estimate of drug-likeness (QED) is 0.710. The molecule has 1 saturated heterocycles. The summed E-state index contributed by atoms with van der Waals surface area (Å²) in [6.07, 6.45) is 2.15. The summed E-state index contributed by atoms with van der Waals surface area (Å²) in [6.45, 7) is 5.00. The van der Waals surface area contributed by atoms with E-state index >= 15 is 0 Å². The second-order valence-corrected chi connectivity index (χ2v) is 5.07. The van der Waals surface area contributed by atoms with Gasteiger partial charge in [0.1, 0.15) is 0 Å². The summed E-state index contributed by atoms with van der Waals surface area (Å²) >= 11 is 2.00. The first kappa shape index (κ1) is 11.3. The lowest BCUT2D eigenvalue weighted by molar-refractivity contribution is 0.110. The van der Waals surface area contributed by atoms with Gasteiger partial charge in [0, 0.05) is 18.3 Å². The standard InChI is InChI=1S/C10H21NOS/c1-3-8(2)10(12)6-11-9-4-5-13-7-9/h8-12H,3-7H2,1-2H3. The highest BCUT2D eigenvalue weighted by molar-refractivity contribution is 7.99. The van der Waals surface area contributed by atoms with Crippen LogP contribution in [0.15, 0.2) is 0 Å². The summed E-state index contributed by atoms with van der Waals surface area (Å²) in [5, 5.41) is 13.1. The van der Waals surface area contributed by atoms with Crippen molar-refractivity contribution >= 4 is 11.8 Å². The predicted molar refractivity (Wildman–Crippen MR) is 59.2 cm³/mol. The van der Waals surface area contributed by atoms with Crippen LogP contribution in [0, 0.1) is 5.92 Å². The molecule has 0 aromatic heterocycles. The third-order valence-electron chi connectivity index (χ3n) is 2.85. The maximum Gasteiger partial charge on any atom is 0.0690 e. The van der Waals surface area contributed by atoms with Crippen LogP contribution in [-0.2, 0) is 0 Å². The number of thioether (sulfide) groups is 1. The van der Waals surface area contributed by atoms with Gasteiger partial charge in [-0.2, -0.15) is 11.8 Å². The van der Waals surface area contributed by atoms with E-state index in [1.807, 2.05) is 11.8 Å². The number of aliphatic hydroxyl groups is 1. The lowest BCUT2D eigenvalue weighted by atomic mass is 10.0. The number of hydrogen-bond donors (Lipinski definition) is 2. The van der Waals surface area contributed by atoms with Crippen molar-refractivity contribution < 1.29 is 5.11 Å². The molecule has 0 aromatic rings. The van der Waals surface area contributed by atoms with E-state index < -0.39 is 0 Å². The van der Waals surface area contributed by atoms with Gasteiger partial charge >= 0.3 is 0 Å². The SMILES string of the molecule is CCC(C)C(O)CNC1CCSC1. The first-order valence-electron chi connectivity index (χ1n) is 5.23. The molecule has 0 aliphatic carbocycles. The van der Waals surface area contributed by atoms with Gasteiger partial charge in [0.2, 0.25) is 0 Å². The molecule has 3 unspecified atom stereocenters. The maximum atomic E-state index is 9.71. The van der Waals surface area contributed by atoms with Gasteiger partial charge in [0.15, 0.2) is 0 Å². The van der Waals surface area contributed by atoms with Crippen molar-refractivity contribution in [3.05, 3.63) is 0 Å². The molecular weight excluding hydrogens is 182 g/mol. The van der Waals surface area contributed by atoms with Gasteiger partial charge in [-0.1, -0.05) is 20.3 Å². The van der Waals surface area contributed by atoms with Crippen LogP contribution in [0.4, 0.5) is 0 Å².